The molecule has 0 spiro atoms. The van der Waals surface area contributed by atoms with Crippen LogP contribution in [0, 0.1) is 17.8 Å². The number of oxime groups is 1. The van der Waals surface area contributed by atoms with E-state index < -0.39 is 29.4 Å². The smallest absolute Gasteiger partial charge is 0.417 e. The van der Waals surface area contributed by atoms with E-state index >= 15 is 0 Å². The molecule has 15 nitrogen and oxygen atoms in total. The second kappa shape index (κ2) is 20.0. The number of anilines is 1. The van der Waals surface area contributed by atoms with Gasteiger partial charge < -0.3 is 53.1 Å². The van der Waals surface area contributed by atoms with Gasteiger partial charge in [0, 0.05) is 49.8 Å². The van der Waals surface area contributed by atoms with Crippen molar-refractivity contribution in [3.63, 3.8) is 0 Å². The minimum atomic E-state index is -1.48. The summed E-state index contributed by atoms with van der Waals surface area (Å²) < 4.78 is 42.3. The fraction of sp³-hybridized carbons (Fsp3) is 0.490. The first-order valence-electron chi connectivity index (χ1n) is 22.0. The molecule has 0 aromatic heterocycles. The predicted octanol–water partition coefficient (Wildman–Crippen LogP) is 8.25. The van der Waals surface area contributed by atoms with Crippen molar-refractivity contribution in [1.29, 1.82) is 0 Å². The summed E-state index contributed by atoms with van der Waals surface area (Å²) in [7, 11) is 4.79. The molecule has 3 aromatic carbocycles. The SMILES string of the molecule is C=CCO[C@@]12Oc3ccc(OC(=O)Nc4ccc(OC)cc4OC)cc3[C@H]3[C@H](CCCCO)[C@@H](CCCCO)C=C(C(=NOC(C)(C)C)C[C@@H]1N(C)C(=O)c1ccc4c(c1)OCO4)[C@H]32. The van der Waals surface area contributed by atoms with Crippen LogP contribution >= 0.6 is 0 Å². The highest BCUT2D eigenvalue weighted by Gasteiger charge is 2.65. The van der Waals surface area contributed by atoms with Crippen LogP contribution in [0.5, 0.6) is 34.5 Å². The number of fused-ring (bicyclic) bond motifs is 3. The van der Waals surface area contributed by atoms with E-state index in [1.165, 1.54) is 7.11 Å². The van der Waals surface area contributed by atoms with E-state index in [9.17, 15) is 19.8 Å². The number of methoxy groups -OCH3 is 2. The zero-order valence-electron chi connectivity index (χ0n) is 37.6. The maximum Gasteiger partial charge on any atom is 0.417 e. The first-order valence-corrected chi connectivity index (χ1v) is 22.0. The van der Waals surface area contributed by atoms with Gasteiger partial charge in [-0.25, -0.2) is 4.79 Å². The fourth-order valence-corrected chi connectivity index (χ4v) is 9.50. The van der Waals surface area contributed by atoms with Gasteiger partial charge in [-0.2, -0.15) is 0 Å². The second-order valence-corrected chi connectivity index (χ2v) is 17.5. The van der Waals surface area contributed by atoms with E-state index in [0.717, 1.165) is 36.8 Å². The summed E-state index contributed by atoms with van der Waals surface area (Å²) in [6.45, 7) is 10.1. The number of allylic oxidation sites excluding steroid dienone is 1. The number of carbonyl (C=O) groups is 2. The first kappa shape index (κ1) is 46.2. The molecule has 6 atom stereocenters. The molecule has 4 aliphatic rings. The quantitative estimate of drug-likeness (QED) is 0.0635. The second-order valence-electron chi connectivity index (χ2n) is 17.5. The summed E-state index contributed by atoms with van der Waals surface area (Å²) in [4.78, 5) is 36.2. The van der Waals surface area contributed by atoms with E-state index in [4.69, 9.17) is 43.2 Å². The Morgan fingerprint density at radius 1 is 0.938 bits per heavy atom. The van der Waals surface area contributed by atoms with Crippen molar-refractivity contribution in [2.75, 3.05) is 53.2 Å². The number of unbranched alkanes of at least 4 members (excludes halogenated alkanes) is 2. The topological polar surface area (TPSA) is 176 Å². The third-order valence-electron chi connectivity index (χ3n) is 12.3. The Hall–Kier alpha value is -5.77. The normalized spacial score (nSPS) is 23.5. The number of nitrogens with one attached hydrogen (secondary N) is 1. The molecule has 1 fully saturated rings. The molecule has 0 bridgehead atoms. The fourth-order valence-electron chi connectivity index (χ4n) is 9.50. The molecule has 64 heavy (non-hydrogen) atoms. The molecule has 2 heterocycles. The maximum atomic E-state index is 14.7. The highest BCUT2D eigenvalue weighted by atomic mass is 16.7. The molecule has 0 saturated heterocycles. The number of rotatable bonds is 18. The number of likely N-dealkylation sites (N-methyl/N-ethyl adjacent to an activating group) is 1. The van der Waals surface area contributed by atoms with E-state index in [2.05, 4.69) is 18.0 Å². The van der Waals surface area contributed by atoms with Crippen molar-refractivity contribution in [2.24, 2.45) is 22.9 Å². The van der Waals surface area contributed by atoms with Gasteiger partial charge in [-0.1, -0.05) is 30.1 Å². The van der Waals surface area contributed by atoms with Gasteiger partial charge in [0.25, 0.3) is 5.91 Å². The monoisotopic (exact) mass is 883 g/mol. The average molecular weight is 884 g/mol. The molecule has 15 heteroatoms. The zero-order chi connectivity index (χ0) is 45.6. The minimum Gasteiger partial charge on any atom is -0.497 e. The average Bonchev–Trinajstić information content (AvgIpc) is 3.76. The number of hydrogen-bond donors (Lipinski definition) is 3. The van der Waals surface area contributed by atoms with Crippen molar-refractivity contribution in [3.05, 3.63) is 90.0 Å². The first-order chi connectivity index (χ1) is 30.8. The molecule has 2 aliphatic carbocycles. The zero-order valence-corrected chi connectivity index (χ0v) is 37.6. The lowest BCUT2D eigenvalue weighted by Crippen LogP contribution is -2.69. The van der Waals surface area contributed by atoms with Gasteiger partial charge >= 0.3 is 6.09 Å². The number of carbonyl (C=O) groups excluding carboxylic acids is 2. The molecule has 344 valence electrons. The van der Waals surface area contributed by atoms with E-state index in [-0.39, 0.29) is 62.4 Å². The van der Waals surface area contributed by atoms with Crippen LogP contribution in [-0.4, -0.2) is 98.1 Å². The van der Waals surface area contributed by atoms with E-state index in [1.807, 2.05) is 26.8 Å². The highest BCUT2D eigenvalue weighted by Crippen LogP contribution is 2.62. The number of aliphatic hydroxyl groups excluding tert-OH is 2. The van der Waals surface area contributed by atoms with Crippen LogP contribution in [0.25, 0.3) is 0 Å². The van der Waals surface area contributed by atoms with Crippen molar-refractivity contribution in [3.8, 4) is 34.5 Å². The standard InChI is InChI=1S/C49H61N3O12/c1-8-23-61-49-43(52(5)46(55)31-15-19-40-42(25-31)60-29-59-40)28-38(51-64-48(2,3)4)35-24-30(13-9-11-21-53)34(14-10-12-22-54)44(45(35)49)36-26-33(17-20-39(36)63-49)62-47(56)50-37-18-16-32(57-6)27-41(37)58-7/h8,15-20,24-27,30,34,43-45,53-54H,1,9-14,21-23,28-29H2,2-7H3,(H,50,56)/t30-,34+,43-,44+,45+,49+/m0/s1. The third kappa shape index (κ3) is 9.66. The van der Waals surface area contributed by atoms with Crippen LogP contribution in [0.4, 0.5) is 10.5 Å². The van der Waals surface area contributed by atoms with Crippen molar-refractivity contribution >= 4 is 23.4 Å². The molecule has 3 aromatic rings. The Bertz CT molecular complexity index is 2240. The number of benzene rings is 3. The van der Waals surface area contributed by atoms with Crippen LogP contribution in [0.3, 0.4) is 0 Å². The molecule has 2 amide bonds. The maximum absolute atomic E-state index is 14.7. The number of aliphatic hydroxyl groups is 2. The highest BCUT2D eigenvalue weighted by molar-refractivity contribution is 6.03. The number of ether oxygens (including phenoxy) is 7. The molecule has 3 N–H and O–H groups in total. The Balaban J connectivity index is 1.38. The van der Waals surface area contributed by atoms with Gasteiger partial charge in [0.2, 0.25) is 12.6 Å². The lowest BCUT2D eigenvalue weighted by atomic mass is 9.55. The van der Waals surface area contributed by atoms with Crippen LogP contribution in [0.15, 0.2) is 84.1 Å². The van der Waals surface area contributed by atoms with Crippen LogP contribution in [0.2, 0.25) is 0 Å². The van der Waals surface area contributed by atoms with Crippen LogP contribution < -0.4 is 33.7 Å². The minimum absolute atomic E-state index is 0.00402. The van der Waals surface area contributed by atoms with Crippen molar-refractivity contribution in [1.82, 2.24) is 4.90 Å². The van der Waals surface area contributed by atoms with Gasteiger partial charge in [0.15, 0.2) is 11.5 Å². The summed E-state index contributed by atoms with van der Waals surface area (Å²) >= 11 is 0. The Morgan fingerprint density at radius 3 is 2.39 bits per heavy atom. The number of amides is 2. The van der Waals surface area contributed by atoms with Crippen LogP contribution in [-0.2, 0) is 9.57 Å². The van der Waals surface area contributed by atoms with Crippen molar-refractivity contribution in [2.45, 2.75) is 89.1 Å². The molecular formula is C49H61N3O12. The van der Waals surface area contributed by atoms with Gasteiger partial charge in [0.05, 0.1) is 38.1 Å². The van der Waals surface area contributed by atoms with Crippen LogP contribution in [0.1, 0.15) is 87.6 Å². The number of hydrogen-bond acceptors (Lipinski definition) is 13. The summed E-state index contributed by atoms with van der Waals surface area (Å²) in [5, 5.41) is 27.5. The third-order valence-corrected chi connectivity index (χ3v) is 12.3. The Kier molecular flexibility index (Phi) is 14.4. The summed E-state index contributed by atoms with van der Waals surface area (Å²) in [6, 6.07) is 14.7. The molecule has 1 saturated carbocycles. The number of nitrogens with zero attached hydrogens (tertiary/aromatic N) is 2. The van der Waals surface area contributed by atoms with Gasteiger partial charge in [-0.05, 0) is 112 Å². The van der Waals surface area contributed by atoms with E-state index in [1.54, 1.807) is 73.7 Å². The van der Waals surface area contributed by atoms with Gasteiger partial charge in [0.1, 0.15) is 34.6 Å². The van der Waals surface area contributed by atoms with E-state index in [0.29, 0.717) is 58.6 Å². The molecule has 0 unspecified atom stereocenters. The largest absolute Gasteiger partial charge is 0.497 e. The summed E-state index contributed by atoms with van der Waals surface area (Å²) in [6.07, 6.45) is 7.70. The summed E-state index contributed by atoms with van der Waals surface area (Å²) in [5.74, 6) is 0.0872. The molecule has 7 rings (SSSR count). The molecular weight excluding hydrogens is 823 g/mol. The lowest BCUT2D eigenvalue weighted by Gasteiger charge is -2.59. The van der Waals surface area contributed by atoms with Gasteiger partial charge in [-0.15, -0.1) is 6.58 Å². The summed E-state index contributed by atoms with van der Waals surface area (Å²) in [5.41, 5.74) is 2.49. The lowest BCUT2D eigenvalue weighted by molar-refractivity contribution is -0.252. The Labute approximate surface area is 374 Å². The molecule has 0 radical (unpaired) electrons. The predicted molar refractivity (Wildman–Crippen MR) is 240 cm³/mol. The Morgan fingerprint density at radius 2 is 1.67 bits per heavy atom. The van der Waals surface area contributed by atoms with Crippen molar-refractivity contribution < 1.29 is 57.8 Å². The van der Waals surface area contributed by atoms with Gasteiger partial charge in [-0.3, -0.25) is 10.1 Å². The molecule has 2 aliphatic heterocycles.